The molecule has 0 saturated carbocycles. The molecule has 0 radical (unpaired) electrons. The molecule has 1 rings (SSSR count). The van der Waals surface area contributed by atoms with Crippen molar-refractivity contribution in [3.63, 3.8) is 0 Å². The first-order valence-corrected chi connectivity index (χ1v) is 3.94. The molecule has 0 saturated heterocycles. The van der Waals surface area contributed by atoms with E-state index in [0.717, 1.165) is 6.08 Å². The molecule has 0 aromatic heterocycles. The molecule has 0 fully saturated rings. The van der Waals surface area contributed by atoms with Gasteiger partial charge in [-0.25, -0.2) is 4.39 Å². The van der Waals surface area contributed by atoms with Crippen molar-refractivity contribution in [2.75, 3.05) is 12.4 Å². The van der Waals surface area contributed by atoms with Crippen molar-refractivity contribution in [1.29, 1.82) is 0 Å². The number of halogens is 1. The van der Waals surface area contributed by atoms with Crippen LogP contribution in [0.5, 0.6) is 5.75 Å². The average Bonchev–Trinajstić information content (AvgIpc) is 2.21. The maximum atomic E-state index is 13.1. The Morgan fingerprint density at radius 2 is 2.36 bits per heavy atom. The number of benzene rings is 1. The standard InChI is InChI=1S/C10H10FNO2/c1-3-10(13)12-9-6-7(14-2)4-5-8(9)11/h3-6H,1H2,2H3,(H,12,13). The summed E-state index contributed by atoms with van der Waals surface area (Å²) in [5.41, 5.74) is 0.0780. The topological polar surface area (TPSA) is 38.3 Å². The van der Waals surface area contributed by atoms with E-state index >= 15 is 0 Å². The number of ether oxygens (including phenoxy) is 1. The van der Waals surface area contributed by atoms with Crippen molar-refractivity contribution < 1.29 is 13.9 Å². The molecule has 0 unspecified atom stereocenters. The van der Waals surface area contributed by atoms with Crippen molar-refractivity contribution >= 4 is 11.6 Å². The van der Waals surface area contributed by atoms with E-state index in [0.29, 0.717) is 5.75 Å². The van der Waals surface area contributed by atoms with Crippen LogP contribution in [0.25, 0.3) is 0 Å². The van der Waals surface area contributed by atoms with Crippen LogP contribution in [0.3, 0.4) is 0 Å². The lowest BCUT2D eigenvalue weighted by atomic mass is 10.3. The summed E-state index contributed by atoms with van der Waals surface area (Å²) in [6, 6.07) is 4.09. The second kappa shape index (κ2) is 4.41. The van der Waals surface area contributed by atoms with Crippen LogP contribution < -0.4 is 10.1 Å². The van der Waals surface area contributed by atoms with Crippen molar-refractivity contribution in [2.24, 2.45) is 0 Å². The third-order valence-electron chi connectivity index (χ3n) is 1.62. The van der Waals surface area contributed by atoms with E-state index in [2.05, 4.69) is 11.9 Å². The lowest BCUT2D eigenvalue weighted by molar-refractivity contribution is -0.111. The summed E-state index contributed by atoms with van der Waals surface area (Å²) in [5, 5.41) is 2.32. The van der Waals surface area contributed by atoms with Gasteiger partial charge in [-0.15, -0.1) is 0 Å². The van der Waals surface area contributed by atoms with Crippen molar-refractivity contribution in [1.82, 2.24) is 0 Å². The SMILES string of the molecule is C=CC(=O)Nc1cc(OC)ccc1F. The third-order valence-corrected chi connectivity index (χ3v) is 1.62. The molecule has 0 aliphatic carbocycles. The third kappa shape index (κ3) is 2.32. The van der Waals surface area contributed by atoms with Gasteiger partial charge in [-0.1, -0.05) is 6.58 Å². The highest BCUT2D eigenvalue weighted by atomic mass is 19.1. The summed E-state index contributed by atoms with van der Waals surface area (Å²) < 4.78 is 18.0. The highest BCUT2D eigenvalue weighted by molar-refractivity contribution is 5.99. The summed E-state index contributed by atoms with van der Waals surface area (Å²) in [6.07, 6.45) is 1.07. The van der Waals surface area contributed by atoms with Crippen LogP contribution in [0.4, 0.5) is 10.1 Å². The van der Waals surface area contributed by atoms with Crippen molar-refractivity contribution in [3.8, 4) is 5.75 Å². The van der Waals surface area contributed by atoms with E-state index in [1.165, 1.54) is 25.3 Å². The predicted molar refractivity (Wildman–Crippen MR) is 51.8 cm³/mol. The maximum Gasteiger partial charge on any atom is 0.247 e. The van der Waals surface area contributed by atoms with Gasteiger partial charge in [-0.3, -0.25) is 4.79 Å². The van der Waals surface area contributed by atoms with Crippen LogP contribution in [0, 0.1) is 5.82 Å². The Bertz CT molecular complexity index is 363. The van der Waals surface area contributed by atoms with Gasteiger partial charge in [0, 0.05) is 6.07 Å². The molecule has 0 aliphatic rings. The fraction of sp³-hybridized carbons (Fsp3) is 0.100. The molecule has 1 amide bonds. The number of rotatable bonds is 3. The maximum absolute atomic E-state index is 13.1. The van der Waals surface area contributed by atoms with Gasteiger partial charge in [0.1, 0.15) is 11.6 Å². The molecule has 0 spiro atoms. The number of carbonyl (C=O) groups is 1. The number of hydrogen-bond donors (Lipinski definition) is 1. The Morgan fingerprint density at radius 1 is 1.64 bits per heavy atom. The Hall–Kier alpha value is -1.84. The zero-order valence-electron chi connectivity index (χ0n) is 7.71. The first kappa shape index (κ1) is 10.2. The molecular formula is C10H10FNO2. The van der Waals surface area contributed by atoms with E-state index in [1.54, 1.807) is 0 Å². The number of amides is 1. The molecule has 0 heterocycles. The minimum atomic E-state index is -0.513. The second-order valence-electron chi connectivity index (χ2n) is 2.54. The monoisotopic (exact) mass is 195 g/mol. The molecule has 1 N–H and O–H groups in total. The predicted octanol–water partition coefficient (Wildman–Crippen LogP) is 1.96. The normalized spacial score (nSPS) is 9.29. The second-order valence-corrected chi connectivity index (χ2v) is 2.54. The van der Waals surface area contributed by atoms with Gasteiger partial charge in [0.25, 0.3) is 0 Å². The largest absolute Gasteiger partial charge is 0.497 e. The van der Waals surface area contributed by atoms with Crippen LogP contribution in [-0.2, 0) is 4.79 Å². The summed E-state index contributed by atoms with van der Waals surface area (Å²) in [7, 11) is 1.46. The molecule has 0 bridgehead atoms. The summed E-state index contributed by atoms with van der Waals surface area (Å²) in [6.45, 7) is 3.26. The molecular weight excluding hydrogens is 185 g/mol. The van der Waals surface area contributed by atoms with Gasteiger partial charge in [0.15, 0.2) is 0 Å². The molecule has 0 atom stereocenters. The van der Waals surface area contributed by atoms with Gasteiger partial charge in [0.2, 0.25) is 5.91 Å². The van der Waals surface area contributed by atoms with Crippen LogP contribution >= 0.6 is 0 Å². The number of methoxy groups -OCH3 is 1. The van der Waals surface area contributed by atoms with E-state index in [9.17, 15) is 9.18 Å². The van der Waals surface area contributed by atoms with Gasteiger partial charge in [0.05, 0.1) is 12.8 Å². The van der Waals surface area contributed by atoms with Crippen LogP contribution in [0.1, 0.15) is 0 Å². The Kier molecular flexibility index (Phi) is 3.23. The van der Waals surface area contributed by atoms with Crippen LogP contribution in [0.2, 0.25) is 0 Å². The Labute approximate surface area is 81.2 Å². The minimum absolute atomic E-state index is 0.0780. The number of hydrogen-bond acceptors (Lipinski definition) is 2. The first-order chi connectivity index (χ1) is 6.67. The van der Waals surface area contributed by atoms with Gasteiger partial charge >= 0.3 is 0 Å². The van der Waals surface area contributed by atoms with Crippen LogP contribution in [-0.4, -0.2) is 13.0 Å². The number of nitrogens with one attached hydrogen (secondary N) is 1. The summed E-state index contributed by atoms with van der Waals surface area (Å²) in [5.74, 6) is -0.496. The van der Waals surface area contributed by atoms with E-state index in [4.69, 9.17) is 4.74 Å². The van der Waals surface area contributed by atoms with Crippen molar-refractivity contribution in [3.05, 3.63) is 36.7 Å². The molecule has 1 aromatic carbocycles. The lowest BCUT2D eigenvalue weighted by Gasteiger charge is -2.05. The van der Waals surface area contributed by atoms with Gasteiger partial charge in [-0.2, -0.15) is 0 Å². The molecule has 1 aromatic rings. The molecule has 3 nitrogen and oxygen atoms in total. The summed E-state index contributed by atoms with van der Waals surface area (Å²) in [4.78, 5) is 10.9. The Balaban J connectivity index is 2.94. The zero-order valence-corrected chi connectivity index (χ0v) is 7.71. The molecule has 0 aliphatic heterocycles. The van der Waals surface area contributed by atoms with Crippen molar-refractivity contribution in [2.45, 2.75) is 0 Å². The highest BCUT2D eigenvalue weighted by Gasteiger charge is 2.05. The molecule has 14 heavy (non-hydrogen) atoms. The van der Waals surface area contributed by atoms with E-state index in [-0.39, 0.29) is 5.69 Å². The van der Waals surface area contributed by atoms with E-state index < -0.39 is 11.7 Å². The minimum Gasteiger partial charge on any atom is -0.497 e. The summed E-state index contributed by atoms with van der Waals surface area (Å²) >= 11 is 0. The first-order valence-electron chi connectivity index (χ1n) is 3.94. The van der Waals surface area contributed by atoms with Crippen LogP contribution in [0.15, 0.2) is 30.9 Å². The molecule has 74 valence electrons. The zero-order chi connectivity index (χ0) is 10.6. The quantitative estimate of drug-likeness (QED) is 0.748. The fourth-order valence-electron chi connectivity index (χ4n) is 0.911. The lowest BCUT2D eigenvalue weighted by Crippen LogP contribution is -2.08. The number of carbonyl (C=O) groups excluding carboxylic acids is 1. The Morgan fingerprint density at radius 3 is 2.93 bits per heavy atom. The van der Waals surface area contributed by atoms with E-state index in [1.807, 2.05) is 0 Å². The fourth-order valence-corrected chi connectivity index (χ4v) is 0.911. The highest BCUT2D eigenvalue weighted by Crippen LogP contribution is 2.20. The number of anilines is 1. The van der Waals surface area contributed by atoms with Gasteiger partial charge in [-0.05, 0) is 18.2 Å². The smallest absolute Gasteiger partial charge is 0.247 e. The molecule has 4 heteroatoms. The average molecular weight is 195 g/mol. The van der Waals surface area contributed by atoms with Gasteiger partial charge < -0.3 is 10.1 Å².